The first-order valence-corrected chi connectivity index (χ1v) is 10.8. The first-order valence-electron chi connectivity index (χ1n) is 9.97. The Kier molecular flexibility index (Phi) is 4.82. The number of rotatable bonds is 3. The zero-order valence-electron chi connectivity index (χ0n) is 16.0. The predicted octanol–water partition coefficient (Wildman–Crippen LogP) is 5.05. The van der Waals surface area contributed by atoms with Gasteiger partial charge in [-0.1, -0.05) is 20.8 Å². The zero-order valence-corrected chi connectivity index (χ0v) is 16.9. The van der Waals surface area contributed by atoms with Crippen molar-refractivity contribution in [1.29, 1.82) is 0 Å². The number of carbonyl (C=O) groups is 1. The highest BCUT2D eigenvalue weighted by Gasteiger charge is 2.36. The van der Waals surface area contributed by atoms with Crippen LogP contribution in [0.4, 0.5) is 4.79 Å². The lowest BCUT2D eigenvalue weighted by Gasteiger charge is -2.33. The first-order chi connectivity index (χ1) is 12.6. The SMILES string of the molecule is CCCNC(=O)N1Cc2c(sc3c2CCCC3)-n2cccc2[C@H]1C(C)C. The topological polar surface area (TPSA) is 37.3 Å². The van der Waals surface area contributed by atoms with E-state index in [1.807, 2.05) is 11.3 Å². The minimum atomic E-state index is 0.0712. The lowest BCUT2D eigenvalue weighted by Crippen LogP contribution is -2.43. The van der Waals surface area contributed by atoms with Gasteiger partial charge in [0.15, 0.2) is 0 Å². The molecule has 3 heterocycles. The Morgan fingerprint density at radius 1 is 1.31 bits per heavy atom. The molecule has 140 valence electrons. The fraction of sp³-hybridized carbons (Fsp3) is 0.571. The van der Waals surface area contributed by atoms with Crippen LogP contribution < -0.4 is 5.32 Å². The van der Waals surface area contributed by atoms with E-state index in [2.05, 4.69) is 53.9 Å². The van der Waals surface area contributed by atoms with Crippen molar-refractivity contribution in [1.82, 2.24) is 14.8 Å². The number of carbonyl (C=O) groups excluding carboxylic acids is 1. The molecule has 1 atom stereocenters. The van der Waals surface area contributed by atoms with Gasteiger partial charge in [-0.2, -0.15) is 0 Å². The van der Waals surface area contributed by atoms with E-state index in [9.17, 15) is 4.79 Å². The summed E-state index contributed by atoms with van der Waals surface area (Å²) in [7, 11) is 0. The van der Waals surface area contributed by atoms with Crippen LogP contribution in [0.1, 0.15) is 67.8 Å². The highest BCUT2D eigenvalue weighted by atomic mass is 32.1. The largest absolute Gasteiger partial charge is 0.338 e. The maximum Gasteiger partial charge on any atom is 0.318 e. The maximum absolute atomic E-state index is 13.1. The first kappa shape index (κ1) is 17.7. The summed E-state index contributed by atoms with van der Waals surface area (Å²) >= 11 is 1.95. The van der Waals surface area contributed by atoms with Crippen LogP contribution in [0.3, 0.4) is 0 Å². The summed E-state index contributed by atoms with van der Waals surface area (Å²) in [6.45, 7) is 7.99. The number of thiophene rings is 1. The molecule has 4 nitrogen and oxygen atoms in total. The highest BCUT2D eigenvalue weighted by molar-refractivity contribution is 7.15. The van der Waals surface area contributed by atoms with E-state index >= 15 is 0 Å². The van der Waals surface area contributed by atoms with Gasteiger partial charge in [0.25, 0.3) is 0 Å². The number of fused-ring (bicyclic) bond motifs is 5. The van der Waals surface area contributed by atoms with Crippen molar-refractivity contribution in [3.63, 3.8) is 0 Å². The molecule has 2 amide bonds. The lowest BCUT2D eigenvalue weighted by molar-refractivity contribution is 0.149. The summed E-state index contributed by atoms with van der Waals surface area (Å²) in [6, 6.07) is 4.49. The molecule has 0 fully saturated rings. The number of nitrogens with one attached hydrogen (secondary N) is 1. The van der Waals surface area contributed by atoms with Crippen LogP contribution in [0.2, 0.25) is 0 Å². The van der Waals surface area contributed by atoms with Gasteiger partial charge in [0.1, 0.15) is 5.00 Å². The van der Waals surface area contributed by atoms with Crippen molar-refractivity contribution in [2.75, 3.05) is 6.54 Å². The lowest BCUT2D eigenvalue weighted by atomic mass is 9.94. The predicted molar refractivity (Wildman–Crippen MR) is 107 cm³/mol. The Morgan fingerprint density at radius 3 is 2.88 bits per heavy atom. The average molecular weight is 372 g/mol. The molecule has 1 N–H and O–H groups in total. The standard InChI is InChI=1S/C21H29N3OS/c1-4-11-22-21(25)24-13-16-15-8-5-6-10-18(15)26-20(16)23-12-7-9-17(23)19(24)14(2)3/h7,9,12,14,19H,4-6,8,10-11,13H2,1-3H3,(H,22,25)/t19-/m1/s1. The zero-order chi connectivity index (χ0) is 18.3. The van der Waals surface area contributed by atoms with Gasteiger partial charge in [-0.25, -0.2) is 4.79 Å². The van der Waals surface area contributed by atoms with E-state index in [1.54, 1.807) is 0 Å². The fourth-order valence-corrected chi connectivity index (χ4v) is 5.86. The molecule has 1 aliphatic carbocycles. The van der Waals surface area contributed by atoms with Gasteiger partial charge in [0, 0.05) is 28.9 Å². The van der Waals surface area contributed by atoms with Crippen LogP contribution in [0.15, 0.2) is 18.3 Å². The molecule has 0 aromatic carbocycles. The summed E-state index contributed by atoms with van der Waals surface area (Å²) in [5, 5.41) is 4.46. The maximum atomic E-state index is 13.1. The Balaban J connectivity index is 1.84. The van der Waals surface area contributed by atoms with Crippen LogP contribution in [-0.4, -0.2) is 22.0 Å². The van der Waals surface area contributed by atoms with Gasteiger partial charge in [-0.15, -0.1) is 11.3 Å². The fourth-order valence-electron chi connectivity index (χ4n) is 4.46. The summed E-state index contributed by atoms with van der Waals surface area (Å²) in [5.74, 6) is 0.362. The normalized spacial score (nSPS) is 18.9. The molecule has 2 aromatic heterocycles. The molecule has 1 aliphatic heterocycles. The Bertz CT molecular complexity index is 804. The molecular formula is C21H29N3OS. The van der Waals surface area contributed by atoms with E-state index in [1.165, 1.54) is 46.0 Å². The Morgan fingerprint density at radius 2 is 2.12 bits per heavy atom. The molecular weight excluding hydrogens is 342 g/mol. The van der Waals surface area contributed by atoms with E-state index in [0.717, 1.165) is 25.9 Å². The Labute approximate surface area is 160 Å². The quantitative estimate of drug-likeness (QED) is 0.805. The van der Waals surface area contributed by atoms with E-state index < -0.39 is 0 Å². The summed E-state index contributed by atoms with van der Waals surface area (Å²) < 4.78 is 2.36. The van der Waals surface area contributed by atoms with Crippen molar-refractivity contribution >= 4 is 17.4 Å². The van der Waals surface area contributed by atoms with Gasteiger partial charge in [0.05, 0.1) is 12.6 Å². The number of aryl methyl sites for hydroxylation is 1. The van der Waals surface area contributed by atoms with Crippen molar-refractivity contribution in [3.8, 4) is 5.00 Å². The van der Waals surface area contributed by atoms with Gasteiger partial charge in [-0.05, 0) is 55.7 Å². The molecule has 26 heavy (non-hydrogen) atoms. The van der Waals surface area contributed by atoms with Crippen molar-refractivity contribution < 1.29 is 4.79 Å². The van der Waals surface area contributed by atoms with Crippen molar-refractivity contribution in [3.05, 3.63) is 40.0 Å². The molecule has 0 spiro atoms. The molecule has 0 unspecified atom stereocenters. The van der Waals surface area contributed by atoms with E-state index in [0.29, 0.717) is 5.92 Å². The molecule has 5 heteroatoms. The van der Waals surface area contributed by atoms with Gasteiger partial charge < -0.3 is 14.8 Å². The second-order valence-corrected chi connectivity index (χ2v) is 8.93. The number of nitrogens with zero attached hydrogens (tertiary/aromatic N) is 2. The monoisotopic (exact) mass is 371 g/mol. The minimum Gasteiger partial charge on any atom is -0.338 e. The molecule has 4 rings (SSSR count). The van der Waals surface area contributed by atoms with Gasteiger partial charge >= 0.3 is 6.03 Å². The molecule has 2 aromatic rings. The van der Waals surface area contributed by atoms with Crippen LogP contribution in [0.5, 0.6) is 0 Å². The van der Waals surface area contributed by atoms with Crippen LogP contribution in [-0.2, 0) is 19.4 Å². The highest BCUT2D eigenvalue weighted by Crippen LogP contribution is 2.43. The third kappa shape index (κ3) is 2.86. The third-order valence-electron chi connectivity index (χ3n) is 5.64. The molecule has 0 radical (unpaired) electrons. The van der Waals surface area contributed by atoms with Crippen molar-refractivity contribution in [2.45, 2.75) is 65.5 Å². The minimum absolute atomic E-state index is 0.0712. The summed E-state index contributed by atoms with van der Waals surface area (Å²) in [5.41, 5.74) is 4.15. The summed E-state index contributed by atoms with van der Waals surface area (Å²) in [4.78, 5) is 16.7. The van der Waals surface area contributed by atoms with Crippen LogP contribution in [0, 0.1) is 5.92 Å². The number of urea groups is 1. The van der Waals surface area contributed by atoms with Gasteiger partial charge in [-0.3, -0.25) is 0 Å². The van der Waals surface area contributed by atoms with Crippen LogP contribution in [0.25, 0.3) is 5.00 Å². The molecule has 0 bridgehead atoms. The molecule has 0 saturated heterocycles. The third-order valence-corrected chi connectivity index (χ3v) is 6.98. The van der Waals surface area contributed by atoms with E-state index in [-0.39, 0.29) is 12.1 Å². The second kappa shape index (κ2) is 7.10. The number of hydrogen-bond acceptors (Lipinski definition) is 2. The summed E-state index contributed by atoms with van der Waals surface area (Å²) in [6.07, 6.45) is 8.05. The van der Waals surface area contributed by atoms with Crippen molar-refractivity contribution in [2.24, 2.45) is 5.92 Å². The van der Waals surface area contributed by atoms with Gasteiger partial charge in [0.2, 0.25) is 0 Å². The molecule has 0 saturated carbocycles. The Hall–Kier alpha value is -1.75. The van der Waals surface area contributed by atoms with E-state index in [4.69, 9.17) is 0 Å². The average Bonchev–Trinajstić information content (AvgIpc) is 3.21. The number of hydrogen-bond donors (Lipinski definition) is 1. The number of aromatic nitrogens is 1. The smallest absolute Gasteiger partial charge is 0.318 e. The number of amides is 2. The van der Waals surface area contributed by atoms with Crippen LogP contribution >= 0.6 is 11.3 Å². The second-order valence-electron chi connectivity index (χ2n) is 7.85. The molecule has 2 aliphatic rings.